The molecule has 0 radical (unpaired) electrons. The van der Waals surface area contributed by atoms with E-state index < -0.39 is 22.7 Å². The van der Waals surface area contributed by atoms with Gasteiger partial charge in [0.2, 0.25) is 5.91 Å². The lowest BCUT2D eigenvalue weighted by molar-refractivity contribution is -0.162. The number of hydrogen-bond donors (Lipinski definition) is 3. The first kappa shape index (κ1) is 22.0. The van der Waals surface area contributed by atoms with Gasteiger partial charge in [-0.05, 0) is 56.2 Å². The third kappa shape index (κ3) is 3.78. The third-order valence-electron chi connectivity index (χ3n) is 7.38. The molecule has 0 spiro atoms. The number of rotatable bonds is 6. The lowest BCUT2D eigenvalue weighted by Gasteiger charge is -2.50. The number of nitrogens with zero attached hydrogens (tertiary/aromatic N) is 3. The van der Waals surface area contributed by atoms with Gasteiger partial charge in [0, 0.05) is 24.1 Å². The zero-order valence-corrected chi connectivity index (χ0v) is 18.4. The van der Waals surface area contributed by atoms with Crippen LogP contribution in [0.2, 0.25) is 0 Å². The highest BCUT2D eigenvalue weighted by molar-refractivity contribution is 5.98. The molecule has 3 saturated carbocycles. The first-order chi connectivity index (χ1) is 16.3. The van der Waals surface area contributed by atoms with Crippen LogP contribution in [0.5, 0.6) is 0 Å². The van der Waals surface area contributed by atoms with Crippen molar-refractivity contribution >= 4 is 29.2 Å². The van der Waals surface area contributed by atoms with Gasteiger partial charge in [0.1, 0.15) is 17.3 Å². The number of fused-ring (bicyclic) bond motifs is 4. The number of carbonyl (C=O) groups is 3. The van der Waals surface area contributed by atoms with Crippen LogP contribution in [0.1, 0.15) is 54.6 Å². The third-order valence-corrected chi connectivity index (χ3v) is 7.38. The summed E-state index contributed by atoms with van der Waals surface area (Å²) in [4.78, 5) is 42.2. The number of amides is 2. The van der Waals surface area contributed by atoms with Crippen LogP contribution in [-0.2, 0) is 16.1 Å². The van der Waals surface area contributed by atoms with E-state index >= 15 is 0 Å². The molecule has 3 N–H and O–H groups in total. The summed E-state index contributed by atoms with van der Waals surface area (Å²) in [6.45, 7) is 0.196. The Labute approximate surface area is 194 Å². The Balaban J connectivity index is 1.34. The maximum Gasteiger partial charge on any atom is 0.309 e. The molecule has 176 valence electrons. The van der Waals surface area contributed by atoms with E-state index in [1.165, 1.54) is 28.9 Å². The van der Waals surface area contributed by atoms with Crippen LogP contribution >= 0.6 is 0 Å². The average molecular weight is 465 g/mol. The molecule has 9 nitrogen and oxygen atoms in total. The molecule has 34 heavy (non-hydrogen) atoms. The minimum Gasteiger partial charge on any atom is -0.481 e. The van der Waals surface area contributed by atoms with Crippen molar-refractivity contribution in [1.29, 1.82) is 0 Å². The predicted molar refractivity (Wildman–Crippen MR) is 119 cm³/mol. The molecule has 0 aliphatic heterocycles. The topological polar surface area (TPSA) is 126 Å². The second-order valence-corrected chi connectivity index (χ2v) is 9.26. The Morgan fingerprint density at radius 1 is 1.00 bits per heavy atom. The first-order valence-corrected chi connectivity index (χ1v) is 11.2. The molecule has 2 aromatic heterocycles. The predicted octanol–water partition coefficient (Wildman–Crippen LogP) is 3.16. The van der Waals surface area contributed by atoms with E-state index in [0.717, 1.165) is 5.56 Å². The van der Waals surface area contributed by atoms with E-state index in [9.17, 15) is 23.9 Å². The van der Waals surface area contributed by atoms with E-state index in [0.29, 0.717) is 50.0 Å². The fourth-order valence-corrected chi connectivity index (χ4v) is 5.09. The number of nitrogens with one attached hydrogen (secondary N) is 2. The molecule has 0 saturated heterocycles. The van der Waals surface area contributed by atoms with Gasteiger partial charge < -0.3 is 15.7 Å². The monoisotopic (exact) mass is 465 g/mol. The summed E-state index contributed by atoms with van der Waals surface area (Å²) >= 11 is 0. The van der Waals surface area contributed by atoms with Crippen LogP contribution < -0.4 is 10.6 Å². The van der Waals surface area contributed by atoms with Gasteiger partial charge in [-0.1, -0.05) is 12.1 Å². The lowest BCUT2D eigenvalue weighted by atomic mass is 9.53. The molecule has 3 aliphatic rings. The van der Waals surface area contributed by atoms with E-state index in [1.54, 1.807) is 18.2 Å². The summed E-state index contributed by atoms with van der Waals surface area (Å²) in [5.74, 6) is -1.44. The summed E-state index contributed by atoms with van der Waals surface area (Å²) in [6.07, 6.45) is 4.54. The van der Waals surface area contributed by atoms with Gasteiger partial charge in [0.25, 0.3) is 5.91 Å². The van der Waals surface area contributed by atoms with Crippen molar-refractivity contribution in [1.82, 2.24) is 19.9 Å². The molecule has 6 rings (SSSR count). The summed E-state index contributed by atoms with van der Waals surface area (Å²) in [5.41, 5.74) is -0.0753. The first-order valence-electron chi connectivity index (χ1n) is 11.2. The molecule has 2 bridgehead atoms. The van der Waals surface area contributed by atoms with Crippen molar-refractivity contribution in [3.05, 3.63) is 59.7 Å². The number of carboxylic acids is 1. The highest BCUT2D eigenvalue weighted by Crippen LogP contribution is 2.57. The largest absolute Gasteiger partial charge is 0.481 e. The Hall–Kier alpha value is -3.82. The maximum absolute atomic E-state index is 13.4. The number of aromatic nitrogens is 3. The van der Waals surface area contributed by atoms with E-state index in [2.05, 4.69) is 20.7 Å². The fraction of sp³-hybridized carbons (Fsp3) is 0.375. The minimum absolute atomic E-state index is 0.111. The number of carbonyl (C=O) groups excluding carboxylic acids is 2. The minimum atomic E-state index is -0.773. The van der Waals surface area contributed by atoms with Crippen molar-refractivity contribution in [2.45, 2.75) is 45.1 Å². The smallest absolute Gasteiger partial charge is 0.309 e. The van der Waals surface area contributed by atoms with Crippen LogP contribution in [0.25, 0.3) is 5.65 Å². The van der Waals surface area contributed by atoms with Crippen molar-refractivity contribution in [2.24, 2.45) is 10.8 Å². The van der Waals surface area contributed by atoms with E-state index in [4.69, 9.17) is 0 Å². The number of hydrogen-bond acceptors (Lipinski definition) is 5. The van der Waals surface area contributed by atoms with E-state index in [-0.39, 0.29) is 24.0 Å². The molecular formula is C24H24FN5O4. The molecule has 2 heterocycles. The van der Waals surface area contributed by atoms with Gasteiger partial charge in [0.05, 0.1) is 11.6 Å². The van der Waals surface area contributed by atoms with Crippen LogP contribution in [0.3, 0.4) is 0 Å². The van der Waals surface area contributed by atoms with Gasteiger partial charge in [-0.25, -0.2) is 9.37 Å². The van der Waals surface area contributed by atoms with Crippen LogP contribution in [-0.4, -0.2) is 37.5 Å². The summed E-state index contributed by atoms with van der Waals surface area (Å²) < 4.78 is 14.6. The second-order valence-electron chi connectivity index (χ2n) is 9.26. The zero-order valence-electron chi connectivity index (χ0n) is 18.4. The van der Waals surface area contributed by atoms with Crippen LogP contribution in [0, 0.1) is 16.6 Å². The van der Waals surface area contributed by atoms with Gasteiger partial charge in [-0.15, -0.1) is 0 Å². The fourth-order valence-electron chi connectivity index (χ4n) is 5.09. The van der Waals surface area contributed by atoms with E-state index in [1.807, 2.05) is 0 Å². The molecule has 3 aliphatic carbocycles. The highest BCUT2D eigenvalue weighted by Gasteiger charge is 2.55. The summed E-state index contributed by atoms with van der Waals surface area (Å²) in [6, 6.07) is 8.92. The molecule has 1 aromatic carbocycles. The normalized spacial score (nSPS) is 23.6. The zero-order chi connectivity index (χ0) is 23.9. The maximum atomic E-state index is 13.4. The second kappa shape index (κ2) is 8.19. The molecule has 2 amide bonds. The standard InChI is InChI=1S/C24H24FN5O4/c25-16-3-1-15(2-4-16)14-26-20(31)17-13-19(30-18(28-17)5-12-27-30)29-21(32)23-6-9-24(10-7-23,11-8-23)22(33)34/h1-5,12-13H,6-11,14H2,(H,26,31)(H,29,32)(H,33,34). The van der Waals surface area contributed by atoms with Crippen molar-refractivity contribution in [3.63, 3.8) is 0 Å². The Morgan fingerprint density at radius 2 is 1.65 bits per heavy atom. The number of carboxylic acid groups (broad SMARTS) is 1. The number of anilines is 1. The van der Waals surface area contributed by atoms with Crippen molar-refractivity contribution in [2.75, 3.05) is 5.32 Å². The highest BCUT2D eigenvalue weighted by atomic mass is 19.1. The van der Waals surface area contributed by atoms with Crippen molar-refractivity contribution in [3.8, 4) is 0 Å². The summed E-state index contributed by atoms with van der Waals surface area (Å²) in [7, 11) is 0. The quantitative estimate of drug-likeness (QED) is 0.514. The van der Waals surface area contributed by atoms with Gasteiger partial charge in [-0.2, -0.15) is 9.61 Å². The molecule has 10 heteroatoms. The van der Waals surface area contributed by atoms with Crippen LogP contribution in [0.4, 0.5) is 10.2 Å². The number of halogens is 1. The van der Waals surface area contributed by atoms with Crippen molar-refractivity contribution < 1.29 is 23.9 Å². The Bertz CT molecular complexity index is 1260. The number of benzene rings is 1. The SMILES string of the molecule is O=C(NCc1ccc(F)cc1)c1cc(NC(=O)C23CCC(C(=O)O)(CC2)CC3)n2nccc2n1. The summed E-state index contributed by atoms with van der Waals surface area (Å²) in [5, 5.41) is 19.5. The molecule has 3 aromatic rings. The molecule has 3 fully saturated rings. The molecular weight excluding hydrogens is 441 g/mol. The molecule has 0 unspecified atom stereocenters. The lowest BCUT2D eigenvalue weighted by Crippen LogP contribution is -2.50. The average Bonchev–Trinajstić information content (AvgIpc) is 3.33. The van der Waals surface area contributed by atoms with Crippen LogP contribution in [0.15, 0.2) is 42.6 Å². The van der Waals surface area contributed by atoms with Gasteiger partial charge in [-0.3, -0.25) is 14.4 Å². The number of aliphatic carboxylic acids is 1. The Morgan fingerprint density at radius 3 is 2.29 bits per heavy atom. The van der Waals surface area contributed by atoms with Gasteiger partial charge >= 0.3 is 5.97 Å². The Kier molecular flexibility index (Phi) is 5.30. The van der Waals surface area contributed by atoms with Gasteiger partial charge in [0.15, 0.2) is 5.65 Å². The molecule has 0 atom stereocenters.